The van der Waals surface area contributed by atoms with Gasteiger partial charge < -0.3 is 25.6 Å². The van der Waals surface area contributed by atoms with Crippen LogP contribution in [-0.2, 0) is 11.4 Å². The van der Waals surface area contributed by atoms with Crippen LogP contribution in [0.15, 0.2) is 47.2 Å². The molecule has 11 heteroatoms. The molecule has 3 aromatic heterocycles. The number of aliphatic hydroxyl groups is 2. The van der Waals surface area contributed by atoms with Crippen molar-refractivity contribution in [1.82, 2.24) is 24.5 Å². The minimum absolute atomic E-state index is 0.0856. The molecule has 4 N–H and O–H groups in total. The van der Waals surface area contributed by atoms with Gasteiger partial charge in [-0.25, -0.2) is 4.98 Å². The number of aromatic nitrogens is 4. The molecule has 2 saturated heterocycles. The average Bonchev–Trinajstić information content (AvgIpc) is 3.51. The molecular formula is C29H31BrN6O4. The Morgan fingerprint density at radius 1 is 1.18 bits per heavy atom. The van der Waals surface area contributed by atoms with Gasteiger partial charge in [0.05, 0.1) is 35.8 Å². The summed E-state index contributed by atoms with van der Waals surface area (Å²) >= 11 is 3.68. The molecule has 1 amide bonds. The molecule has 0 unspecified atom stereocenters. The van der Waals surface area contributed by atoms with Crippen molar-refractivity contribution in [3.05, 3.63) is 58.5 Å². The van der Waals surface area contributed by atoms with E-state index in [0.717, 1.165) is 58.2 Å². The van der Waals surface area contributed by atoms with E-state index in [9.17, 15) is 15.0 Å². The van der Waals surface area contributed by atoms with E-state index in [0.29, 0.717) is 22.8 Å². The van der Waals surface area contributed by atoms with Crippen molar-refractivity contribution in [3.63, 3.8) is 0 Å². The molecule has 0 spiro atoms. The highest BCUT2D eigenvalue weighted by Crippen LogP contribution is 2.45. The lowest BCUT2D eigenvalue weighted by Gasteiger charge is -2.39. The summed E-state index contributed by atoms with van der Waals surface area (Å²) in [5, 5.41) is 24.1. The first-order chi connectivity index (χ1) is 19.3. The fraction of sp³-hybridized carbons (Fsp3) is 0.379. The van der Waals surface area contributed by atoms with E-state index in [1.54, 1.807) is 24.0 Å². The molecular weight excluding hydrogens is 576 g/mol. The maximum absolute atomic E-state index is 12.6. The second-order valence-corrected chi connectivity index (χ2v) is 11.4. The van der Waals surface area contributed by atoms with Crippen LogP contribution in [0.5, 0.6) is 5.75 Å². The zero-order valence-corrected chi connectivity index (χ0v) is 23.9. The number of pyridine rings is 1. The van der Waals surface area contributed by atoms with Crippen LogP contribution in [-0.4, -0.2) is 65.9 Å². The summed E-state index contributed by atoms with van der Waals surface area (Å²) in [4.78, 5) is 24.3. The Hall–Kier alpha value is -3.54. The lowest BCUT2D eigenvalue weighted by atomic mass is 9.87. The summed E-state index contributed by atoms with van der Waals surface area (Å²) < 4.78 is 7.67. The van der Waals surface area contributed by atoms with Crippen LogP contribution >= 0.6 is 15.9 Å². The van der Waals surface area contributed by atoms with E-state index >= 15 is 0 Å². The van der Waals surface area contributed by atoms with Crippen LogP contribution in [0.2, 0.25) is 0 Å². The van der Waals surface area contributed by atoms with Gasteiger partial charge in [0.15, 0.2) is 5.65 Å². The number of methoxy groups -OCH3 is 1. The van der Waals surface area contributed by atoms with Gasteiger partial charge in [-0.3, -0.25) is 9.78 Å². The number of rotatable bonds is 6. The van der Waals surface area contributed by atoms with Crippen molar-refractivity contribution in [1.29, 1.82) is 0 Å². The van der Waals surface area contributed by atoms with Crippen molar-refractivity contribution >= 4 is 33.3 Å². The van der Waals surface area contributed by atoms with Crippen molar-refractivity contribution < 1.29 is 19.7 Å². The second-order valence-electron chi connectivity index (χ2n) is 10.6. The number of carbonyl (C=O) groups is 1. The van der Waals surface area contributed by atoms with E-state index in [1.807, 2.05) is 35.2 Å². The number of nitrogens with two attached hydrogens (primary N) is 1. The van der Waals surface area contributed by atoms with E-state index in [4.69, 9.17) is 15.5 Å². The van der Waals surface area contributed by atoms with Crippen molar-refractivity contribution in [2.45, 2.75) is 63.3 Å². The van der Waals surface area contributed by atoms with Gasteiger partial charge in [0.25, 0.3) is 5.91 Å². The Kier molecular flexibility index (Phi) is 6.97. The molecule has 2 fully saturated rings. The summed E-state index contributed by atoms with van der Waals surface area (Å²) in [6.07, 6.45) is 5.94. The second kappa shape index (κ2) is 10.5. The molecule has 208 valence electrons. The first kappa shape index (κ1) is 26.7. The number of hydrogen-bond acceptors (Lipinski definition) is 8. The van der Waals surface area contributed by atoms with E-state index in [1.165, 1.54) is 6.92 Å². The monoisotopic (exact) mass is 606 g/mol. The highest BCUT2D eigenvalue weighted by Gasteiger charge is 2.45. The summed E-state index contributed by atoms with van der Waals surface area (Å²) in [6, 6.07) is 9.68. The summed E-state index contributed by atoms with van der Waals surface area (Å²) in [7, 11) is 1.58. The topological polar surface area (TPSA) is 139 Å². The zero-order chi connectivity index (χ0) is 28.1. The smallest absolute Gasteiger partial charge is 0.251 e. The molecule has 10 nitrogen and oxygen atoms in total. The molecule has 3 atom stereocenters. The fourth-order valence-electron chi connectivity index (χ4n) is 6.25. The Bertz CT molecular complexity index is 1570. The lowest BCUT2D eigenvalue weighted by Crippen LogP contribution is -2.49. The van der Waals surface area contributed by atoms with Gasteiger partial charge in [0.1, 0.15) is 17.7 Å². The molecule has 0 aliphatic carbocycles. The number of anilines is 1. The number of ether oxygens (including phenoxy) is 1. The van der Waals surface area contributed by atoms with Crippen molar-refractivity contribution in [2.75, 3.05) is 12.8 Å². The van der Waals surface area contributed by atoms with Gasteiger partial charge in [-0.1, -0.05) is 6.07 Å². The number of nitrogens with zero attached hydrogens (tertiary/aromatic N) is 5. The maximum Gasteiger partial charge on any atom is 0.251 e. The molecule has 5 heterocycles. The van der Waals surface area contributed by atoms with Gasteiger partial charge >= 0.3 is 0 Å². The number of amides is 1. The van der Waals surface area contributed by atoms with Gasteiger partial charge in [-0.05, 0) is 72.8 Å². The number of piperidine rings is 1. The normalized spacial score (nSPS) is 21.1. The van der Waals surface area contributed by atoms with E-state index < -0.39 is 6.10 Å². The molecule has 4 aromatic rings. The van der Waals surface area contributed by atoms with Gasteiger partial charge in [0, 0.05) is 46.5 Å². The van der Waals surface area contributed by atoms with E-state index in [-0.39, 0.29) is 30.5 Å². The molecule has 0 radical (unpaired) electrons. The van der Waals surface area contributed by atoms with Crippen LogP contribution in [0.4, 0.5) is 5.82 Å². The van der Waals surface area contributed by atoms with Crippen LogP contribution < -0.4 is 10.5 Å². The SMILES string of the molecule is COc1ccc(-c2ccc(-c3cnn4c(N)c(Br)c(C5C[C@H]6CC[C@H](C5)N6C(=O)[C@@H](C)O)nc34)cn2)cc1CO. The maximum atomic E-state index is 12.6. The van der Waals surface area contributed by atoms with Crippen LogP contribution in [0.25, 0.3) is 28.0 Å². The first-order valence-corrected chi connectivity index (χ1v) is 14.2. The Balaban J connectivity index is 1.32. The molecule has 6 rings (SSSR count). The number of hydrogen-bond donors (Lipinski definition) is 3. The number of aliphatic hydroxyl groups excluding tert-OH is 2. The number of carbonyl (C=O) groups excluding carboxylic acids is 1. The van der Waals surface area contributed by atoms with Crippen molar-refractivity contribution in [2.24, 2.45) is 0 Å². The molecule has 0 saturated carbocycles. The number of benzene rings is 1. The minimum Gasteiger partial charge on any atom is -0.496 e. The van der Waals surface area contributed by atoms with Crippen LogP contribution in [0.3, 0.4) is 0 Å². The summed E-state index contributed by atoms with van der Waals surface area (Å²) in [6.45, 7) is 1.41. The fourth-order valence-corrected chi connectivity index (χ4v) is 6.83. The quantitative estimate of drug-likeness (QED) is 0.300. The third-order valence-electron chi connectivity index (χ3n) is 8.20. The number of fused-ring (bicyclic) bond motifs is 3. The summed E-state index contributed by atoms with van der Waals surface area (Å²) in [5.74, 6) is 1.04. The predicted octanol–water partition coefficient (Wildman–Crippen LogP) is 3.92. The largest absolute Gasteiger partial charge is 0.496 e. The third-order valence-corrected chi connectivity index (χ3v) is 9.01. The minimum atomic E-state index is -0.993. The van der Waals surface area contributed by atoms with Crippen LogP contribution in [0, 0.1) is 0 Å². The predicted molar refractivity (Wildman–Crippen MR) is 154 cm³/mol. The van der Waals surface area contributed by atoms with Gasteiger partial charge in [-0.2, -0.15) is 9.61 Å². The molecule has 1 aromatic carbocycles. The Morgan fingerprint density at radius 3 is 2.52 bits per heavy atom. The Labute approximate surface area is 239 Å². The van der Waals surface area contributed by atoms with Gasteiger partial charge in [0.2, 0.25) is 0 Å². The number of nitrogen functional groups attached to an aromatic ring is 1. The summed E-state index contributed by atoms with van der Waals surface area (Å²) in [5.41, 5.74) is 12.1. The molecule has 2 aliphatic rings. The number of halogens is 1. The van der Waals surface area contributed by atoms with E-state index in [2.05, 4.69) is 26.0 Å². The van der Waals surface area contributed by atoms with Crippen LogP contribution in [0.1, 0.15) is 49.8 Å². The standard InChI is InChI=1S/C29H31BrN6O4/c1-15(38)29(39)35-20-5-6-21(35)11-18(10-20)26-25(30)27(31)36-28(34-26)22(13-33-36)17-3-7-23(32-12-17)16-4-8-24(40-2)19(9-16)14-37/h3-4,7-9,12-13,15,18,20-21,37-38H,5-6,10-11,14,31H2,1-2H3/t15-,20-,21-/m1/s1. The molecule has 2 aliphatic heterocycles. The highest BCUT2D eigenvalue weighted by atomic mass is 79.9. The first-order valence-electron chi connectivity index (χ1n) is 13.4. The average molecular weight is 608 g/mol. The molecule has 2 bridgehead atoms. The Morgan fingerprint density at radius 2 is 1.90 bits per heavy atom. The molecule has 40 heavy (non-hydrogen) atoms. The van der Waals surface area contributed by atoms with Gasteiger partial charge in [-0.15, -0.1) is 0 Å². The highest BCUT2D eigenvalue weighted by molar-refractivity contribution is 9.10. The lowest BCUT2D eigenvalue weighted by molar-refractivity contribution is -0.144. The van der Waals surface area contributed by atoms with Crippen molar-refractivity contribution in [3.8, 4) is 28.1 Å². The zero-order valence-electron chi connectivity index (χ0n) is 22.3. The third kappa shape index (κ3) is 4.42.